The maximum absolute atomic E-state index is 12.6. The van der Waals surface area contributed by atoms with Gasteiger partial charge in [-0.2, -0.15) is 15.0 Å². The molecule has 3 aromatic heterocycles. The van der Waals surface area contributed by atoms with E-state index in [0.29, 0.717) is 22.4 Å². The molecule has 0 spiro atoms. The summed E-state index contributed by atoms with van der Waals surface area (Å²) in [5.41, 5.74) is 4.53. The van der Waals surface area contributed by atoms with Gasteiger partial charge in [-0.1, -0.05) is 11.8 Å². The second kappa shape index (κ2) is 8.41. The van der Waals surface area contributed by atoms with Crippen LogP contribution >= 0.6 is 11.8 Å². The van der Waals surface area contributed by atoms with Crippen molar-refractivity contribution in [3.63, 3.8) is 0 Å². The van der Waals surface area contributed by atoms with Crippen molar-refractivity contribution >= 4 is 23.5 Å². The lowest BCUT2D eigenvalue weighted by molar-refractivity contribution is -0.113. The number of amides is 1. The Morgan fingerprint density at radius 2 is 1.69 bits per heavy atom. The lowest BCUT2D eigenvalue weighted by Gasteiger charge is -2.10. The molecule has 29 heavy (non-hydrogen) atoms. The van der Waals surface area contributed by atoms with E-state index in [9.17, 15) is 10.1 Å². The highest BCUT2D eigenvalue weighted by Crippen LogP contribution is 2.24. The smallest absolute Gasteiger partial charge is 0.252 e. The molecule has 3 aromatic rings. The van der Waals surface area contributed by atoms with Crippen LogP contribution in [0.4, 0.5) is 5.82 Å². The molecule has 3 rings (SSSR count). The van der Waals surface area contributed by atoms with E-state index in [0.717, 1.165) is 28.3 Å². The fourth-order valence-electron chi connectivity index (χ4n) is 2.90. The predicted molar refractivity (Wildman–Crippen MR) is 111 cm³/mol. The number of rotatable bonds is 5. The molecule has 8 nitrogen and oxygen atoms in total. The van der Waals surface area contributed by atoms with Crippen molar-refractivity contribution in [1.29, 1.82) is 5.26 Å². The Hall–Kier alpha value is -3.25. The van der Waals surface area contributed by atoms with E-state index in [1.54, 1.807) is 6.07 Å². The summed E-state index contributed by atoms with van der Waals surface area (Å²) < 4.78 is 1.52. The van der Waals surface area contributed by atoms with Crippen molar-refractivity contribution in [3.05, 3.63) is 52.1 Å². The zero-order chi connectivity index (χ0) is 21.1. The summed E-state index contributed by atoms with van der Waals surface area (Å²) in [5.74, 6) is 0.779. The third kappa shape index (κ3) is 4.78. The second-order valence-electron chi connectivity index (χ2n) is 6.74. The van der Waals surface area contributed by atoms with Crippen LogP contribution in [0.25, 0.3) is 5.95 Å². The van der Waals surface area contributed by atoms with Crippen LogP contribution < -0.4 is 5.32 Å². The molecule has 0 radical (unpaired) electrons. The Labute approximate surface area is 173 Å². The molecule has 0 saturated carbocycles. The minimum atomic E-state index is -0.231. The fraction of sp³-hybridized carbons (Fsp3) is 0.300. The van der Waals surface area contributed by atoms with E-state index in [1.165, 1.54) is 16.4 Å². The molecule has 3 heterocycles. The quantitative estimate of drug-likeness (QED) is 0.647. The molecule has 0 aliphatic carbocycles. The van der Waals surface area contributed by atoms with Gasteiger partial charge >= 0.3 is 0 Å². The summed E-state index contributed by atoms with van der Waals surface area (Å²) >= 11 is 1.23. The monoisotopic (exact) mass is 407 g/mol. The second-order valence-corrected chi connectivity index (χ2v) is 7.71. The van der Waals surface area contributed by atoms with Crippen LogP contribution in [0.3, 0.4) is 0 Å². The molecule has 0 bridgehead atoms. The van der Waals surface area contributed by atoms with Crippen LogP contribution in [0.1, 0.15) is 33.9 Å². The fourth-order valence-corrected chi connectivity index (χ4v) is 3.80. The first kappa shape index (κ1) is 20.5. The zero-order valence-electron chi connectivity index (χ0n) is 16.9. The Kier molecular flexibility index (Phi) is 5.94. The molecule has 0 aromatic carbocycles. The summed E-state index contributed by atoms with van der Waals surface area (Å²) in [4.78, 5) is 25.8. The third-order valence-electron chi connectivity index (χ3n) is 4.02. The van der Waals surface area contributed by atoms with Crippen LogP contribution in [-0.4, -0.2) is 36.4 Å². The number of thioether (sulfide) groups is 1. The molecule has 0 atom stereocenters. The number of nitrogens with one attached hydrogen (secondary N) is 1. The number of pyridine rings is 1. The summed E-state index contributed by atoms with van der Waals surface area (Å²) in [7, 11) is 0. The lowest BCUT2D eigenvalue weighted by Crippen LogP contribution is -2.18. The number of aromatic nitrogens is 5. The van der Waals surface area contributed by atoms with E-state index >= 15 is 0 Å². The molecule has 0 saturated heterocycles. The molecular weight excluding hydrogens is 386 g/mol. The van der Waals surface area contributed by atoms with Gasteiger partial charge in [0.2, 0.25) is 5.91 Å². The Balaban J connectivity index is 1.78. The first-order chi connectivity index (χ1) is 13.8. The Morgan fingerprint density at radius 3 is 2.34 bits per heavy atom. The first-order valence-corrected chi connectivity index (χ1v) is 9.95. The van der Waals surface area contributed by atoms with Gasteiger partial charge in [0.15, 0.2) is 0 Å². The SMILES string of the molecule is Cc1cc(C)nc(-n2nc(C)cc2NC(=O)CSc2nc(C)cc(C)c2C#N)n1. The maximum Gasteiger partial charge on any atom is 0.252 e. The van der Waals surface area contributed by atoms with Gasteiger partial charge in [0.05, 0.1) is 17.0 Å². The van der Waals surface area contributed by atoms with Crippen LogP contribution in [0, 0.1) is 45.9 Å². The predicted octanol–water partition coefficient (Wildman–Crippen LogP) is 3.20. The standard InChI is InChI=1S/C20H21N7OS/c1-11-6-12(2)22-19(16(11)9-21)29-10-18(28)25-17-8-15(5)26-27(17)20-23-13(3)7-14(4)24-20/h6-8H,10H2,1-5H3,(H,25,28). The van der Waals surface area contributed by atoms with Crippen molar-refractivity contribution in [3.8, 4) is 12.0 Å². The Morgan fingerprint density at radius 1 is 1.03 bits per heavy atom. The number of carbonyl (C=O) groups excluding carboxylic acids is 1. The maximum atomic E-state index is 12.6. The minimum absolute atomic E-state index is 0.114. The number of hydrogen-bond acceptors (Lipinski definition) is 7. The number of hydrogen-bond donors (Lipinski definition) is 1. The highest BCUT2D eigenvalue weighted by Gasteiger charge is 2.16. The average molecular weight is 408 g/mol. The third-order valence-corrected chi connectivity index (χ3v) is 5.00. The highest BCUT2D eigenvalue weighted by atomic mass is 32.2. The van der Waals surface area contributed by atoms with Gasteiger partial charge < -0.3 is 5.32 Å². The van der Waals surface area contributed by atoms with Gasteiger partial charge in [0.25, 0.3) is 5.95 Å². The zero-order valence-corrected chi connectivity index (χ0v) is 17.8. The number of aryl methyl sites for hydroxylation is 5. The van der Waals surface area contributed by atoms with Gasteiger partial charge in [-0.15, -0.1) is 0 Å². The van der Waals surface area contributed by atoms with Gasteiger partial charge in [0, 0.05) is 23.1 Å². The van der Waals surface area contributed by atoms with Gasteiger partial charge in [-0.3, -0.25) is 4.79 Å². The number of carbonyl (C=O) groups is 1. The Bertz CT molecular complexity index is 1110. The van der Waals surface area contributed by atoms with E-state index in [-0.39, 0.29) is 11.7 Å². The summed E-state index contributed by atoms with van der Waals surface area (Å²) in [6.07, 6.45) is 0. The normalized spacial score (nSPS) is 10.6. The number of nitrogens with zero attached hydrogens (tertiary/aromatic N) is 6. The molecule has 1 N–H and O–H groups in total. The van der Waals surface area contributed by atoms with E-state index in [1.807, 2.05) is 46.8 Å². The largest absolute Gasteiger partial charge is 0.310 e. The summed E-state index contributed by atoms with van der Waals surface area (Å²) in [5, 5.41) is 17.2. The molecule has 0 unspecified atom stereocenters. The first-order valence-electron chi connectivity index (χ1n) is 8.97. The molecular formula is C20H21N7OS. The van der Waals surface area contributed by atoms with Crippen LogP contribution in [0.5, 0.6) is 0 Å². The van der Waals surface area contributed by atoms with Gasteiger partial charge in [-0.25, -0.2) is 15.0 Å². The topological polar surface area (TPSA) is 109 Å². The van der Waals surface area contributed by atoms with E-state index in [2.05, 4.69) is 31.4 Å². The summed E-state index contributed by atoms with van der Waals surface area (Å²) in [6.45, 7) is 9.33. The van der Waals surface area contributed by atoms with Crippen LogP contribution in [-0.2, 0) is 4.79 Å². The molecule has 148 valence electrons. The van der Waals surface area contributed by atoms with Crippen LogP contribution in [0.2, 0.25) is 0 Å². The number of nitriles is 1. The molecule has 1 amide bonds. The molecule has 0 aliphatic heterocycles. The van der Waals surface area contributed by atoms with Crippen molar-refractivity contribution in [2.75, 3.05) is 11.1 Å². The van der Waals surface area contributed by atoms with Crippen molar-refractivity contribution in [2.24, 2.45) is 0 Å². The highest BCUT2D eigenvalue weighted by molar-refractivity contribution is 8.00. The van der Waals surface area contributed by atoms with E-state index < -0.39 is 0 Å². The van der Waals surface area contributed by atoms with E-state index in [4.69, 9.17) is 0 Å². The molecule has 0 fully saturated rings. The minimum Gasteiger partial charge on any atom is -0.310 e. The van der Waals surface area contributed by atoms with Crippen molar-refractivity contribution in [1.82, 2.24) is 24.7 Å². The lowest BCUT2D eigenvalue weighted by atomic mass is 10.1. The number of anilines is 1. The molecule has 0 aliphatic rings. The van der Waals surface area contributed by atoms with Gasteiger partial charge in [0.1, 0.15) is 16.9 Å². The van der Waals surface area contributed by atoms with Crippen molar-refractivity contribution in [2.45, 2.75) is 39.6 Å². The van der Waals surface area contributed by atoms with Gasteiger partial charge in [-0.05, 0) is 52.3 Å². The summed E-state index contributed by atoms with van der Waals surface area (Å²) in [6, 6.07) is 7.65. The average Bonchev–Trinajstić information content (AvgIpc) is 2.99. The van der Waals surface area contributed by atoms with Crippen molar-refractivity contribution < 1.29 is 4.79 Å². The van der Waals surface area contributed by atoms with Crippen LogP contribution in [0.15, 0.2) is 23.2 Å². The molecule has 9 heteroatoms.